The van der Waals surface area contributed by atoms with Crippen molar-refractivity contribution in [1.82, 2.24) is 4.72 Å². The SMILES string of the molecule is CCNS(=O)(=O)c1ccccc1NC=C(C#N)C#N. The quantitative estimate of drug-likeness (QED) is 0.789. The molecule has 19 heavy (non-hydrogen) atoms. The van der Waals surface area contributed by atoms with Crippen molar-refractivity contribution in [3.63, 3.8) is 0 Å². The van der Waals surface area contributed by atoms with Crippen LogP contribution in [0, 0.1) is 22.7 Å². The van der Waals surface area contributed by atoms with Crippen molar-refractivity contribution in [2.75, 3.05) is 11.9 Å². The third-order valence-corrected chi connectivity index (χ3v) is 3.73. The molecule has 6 nitrogen and oxygen atoms in total. The summed E-state index contributed by atoms with van der Waals surface area (Å²) in [6.07, 6.45) is 1.17. The number of para-hydroxylation sites is 1. The zero-order valence-electron chi connectivity index (χ0n) is 10.2. The maximum absolute atomic E-state index is 11.9. The number of allylic oxidation sites excluding steroid dienone is 1. The molecule has 7 heteroatoms. The molecule has 1 aromatic rings. The number of nitrogens with one attached hydrogen (secondary N) is 2. The third kappa shape index (κ3) is 3.81. The Labute approximate surface area is 112 Å². The van der Waals surface area contributed by atoms with Crippen LogP contribution in [0.3, 0.4) is 0 Å². The van der Waals surface area contributed by atoms with E-state index in [-0.39, 0.29) is 17.0 Å². The highest BCUT2D eigenvalue weighted by atomic mass is 32.2. The summed E-state index contributed by atoms with van der Waals surface area (Å²) in [5.41, 5.74) is 0.155. The molecule has 0 aliphatic heterocycles. The first kappa shape index (κ1) is 14.7. The average Bonchev–Trinajstić information content (AvgIpc) is 2.40. The topological polar surface area (TPSA) is 106 Å². The fourth-order valence-electron chi connectivity index (χ4n) is 1.33. The van der Waals surface area contributed by atoms with E-state index >= 15 is 0 Å². The molecule has 1 rings (SSSR count). The molecule has 2 N–H and O–H groups in total. The van der Waals surface area contributed by atoms with Crippen LogP contribution in [0.15, 0.2) is 40.9 Å². The van der Waals surface area contributed by atoms with Crippen LogP contribution in [0.4, 0.5) is 5.69 Å². The van der Waals surface area contributed by atoms with E-state index in [2.05, 4.69) is 10.0 Å². The number of nitrogens with zero attached hydrogens (tertiary/aromatic N) is 2. The number of sulfonamides is 1. The van der Waals surface area contributed by atoms with E-state index in [0.29, 0.717) is 5.69 Å². The van der Waals surface area contributed by atoms with Crippen LogP contribution < -0.4 is 10.0 Å². The van der Waals surface area contributed by atoms with Gasteiger partial charge in [-0.2, -0.15) is 10.5 Å². The molecule has 0 spiro atoms. The van der Waals surface area contributed by atoms with Gasteiger partial charge in [0.2, 0.25) is 10.0 Å². The highest BCUT2D eigenvalue weighted by Crippen LogP contribution is 2.20. The highest BCUT2D eigenvalue weighted by Gasteiger charge is 2.16. The first-order valence-corrected chi connectivity index (χ1v) is 6.89. The molecular formula is C12H12N4O2S. The fourth-order valence-corrected chi connectivity index (χ4v) is 2.54. The maximum atomic E-state index is 11.9. The Bertz CT molecular complexity index is 650. The summed E-state index contributed by atoms with van der Waals surface area (Å²) in [6.45, 7) is 1.95. The molecule has 0 aromatic heterocycles. The first-order valence-electron chi connectivity index (χ1n) is 5.40. The van der Waals surface area contributed by atoms with Gasteiger partial charge >= 0.3 is 0 Å². The molecule has 0 aliphatic rings. The summed E-state index contributed by atoms with van der Waals surface area (Å²) in [5.74, 6) is 0. The van der Waals surface area contributed by atoms with Gasteiger partial charge in [-0.15, -0.1) is 0 Å². The minimum Gasteiger partial charge on any atom is -0.359 e. The van der Waals surface area contributed by atoms with Gasteiger partial charge in [-0.25, -0.2) is 13.1 Å². The van der Waals surface area contributed by atoms with Crippen LogP contribution in [-0.2, 0) is 10.0 Å². The maximum Gasteiger partial charge on any atom is 0.242 e. The number of anilines is 1. The molecule has 0 atom stereocenters. The largest absolute Gasteiger partial charge is 0.359 e. The zero-order valence-corrected chi connectivity index (χ0v) is 11.0. The van der Waals surface area contributed by atoms with Crippen molar-refractivity contribution in [2.45, 2.75) is 11.8 Å². The Kier molecular flexibility index (Phi) is 5.07. The van der Waals surface area contributed by atoms with Gasteiger partial charge in [-0.1, -0.05) is 19.1 Å². The summed E-state index contributed by atoms with van der Waals surface area (Å²) < 4.78 is 26.2. The van der Waals surface area contributed by atoms with Gasteiger partial charge in [0.15, 0.2) is 0 Å². The fraction of sp³-hybridized carbons (Fsp3) is 0.167. The van der Waals surface area contributed by atoms with Crippen LogP contribution in [-0.4, -0.2) is 15.0 Å². The summed E-state index contributed by atoms with van der Waals surface area (Å²) in [7, 11) is -3.61. The Balaban J connectivity index is 3.16. The van der Waals surface area contributed by atoms with E-state index < -0.39 is 10.0 Å². The molecule has 0 unspecified atom stereocenters. The van der Waals surface area contributed by atoms with Crippen LogP contribution >= 0.6 is 0 Å². The van der Waals surface area contributed by atoms with Gasteiger partial charge in [0.25, 0.3) is 0 Å². The van der Waals surface area contributed by atoms with Crippen molar-refractivity contribution in [2.24, 2.45) is 0 Å². The minimum absolute atomic E-state index is 0.0586. The smallest absolute Gasteiger partial charge is 0.242 e. The Morgan fingerprint density at radius 1 is 1.32 bits per heavy atom. The van der Waals surface area contributed by atoms with Crippen LogP contribution in [0.2, 0.25) is 0 Å². The lowest BCUT2D eigenvalue weighted by molar-refractivity contribution is 0.584. The second kappa shape index (κ2) is 6.55. The van der Waals surface area contributed by atoms with Crippen molar-refractivity contribution in [3.05, 3.63) is 36.0 Å². The van der Waals surface area contributed by atoms with Crippen molar-refractivity contribution >= 4 is 15.7 Å². The van der Waals surface area contributed by atoms with E-state index in [1.807, 2.05) is 0 Å². The molecule has 0 fully saturated rings. The lowest BCUT2D eigenvalue weighted by atomic mass is 10.3. The van der Waals surface area contributed by atoms with Gasteiger partial charge in [0.1, 0.15) is 22.6 Å². The van der Waals surface area contributed by atoms with Crippen molar-refractivity contribution < 1.29 is 8.42 Å². The van der Waals surface area contributed by atoms with E-state index in [4.69, 9.17) is 10.5 Å². The first-order chi connectivity index (χ1) is 9.05. The standard InChI is InChI=1S/C12H12N4O2S/c1-2-16-19(17,18)12-6-4-3-5-11(12)15-9-10(7-13)8-14/h3-6,9,15-16H,2H2,1H3. The Hall–Kier alpha value is -2.35. The van der Waals surface area contributed by atoms with Crippen LogP contribution in [0.25, 0.3) is 0 Å². The van der Waals surface area contributed by atoms with Crippen molar-refractivity contribution in [1.29, 1.82) is 10.5 Å². The zero-order chi connectivity index (χ0) is 14.3. The lowest BCUT2D eigenvalue weighted by Crippen LogP contribution is -2.23. The molecule has 98 valence electrons. The average molecular weight is 276 g/mol. The predicted molar refractivity (Wildman–Crippen MR) is 70.2 cm³/mol. The van der Waals surface area contributed by atoms with E-state index in [0.717, 1.165) is 0 Å². The van der Waals surface area contributed by atoms with E-state index in [1.54, 1.807) is 37.3 Å². The second-order valence-electron chi connectivity index (χ2n) is 3.42. The summed E-state index contributed by atoms with van der Waals surface area (Å²) in [6, 6.07) is 9.59. The minimum atomic E-state index is -3.61. The van der Waals surface area contributed by atoms with Gasteiger partial charge in [-0.3, -0.25) is 0 Å². The monoisotopic (exact) mass is 276 g/mol. The summed E-state index contributed by atoms with van der Waals surface area (Å²) in [4.78, 5) is 0.0586. The molecule has 0 saturated heterocycles. The third-order valence-electron chi connectivity index (χ3n) is 2.12. The van der Waals surface area contributed by atoms with E-state index in [1.165, 1.54) is 12.3 Å². The predicted octanol–water partition coefficient (Wildman–Crippen LogP) is 1.33. The second-order valence-corrected chi connectivity index (χ2v) is 5.16. The molecular weight excluding hydrogens is 264 g/mol. The number of hydrogen-bond donors (Lipinski definition) is 2. The number of hydrogen-bond acceptors (Lipinski definition) is 5. The number of nitriles is 2. The molecule has 0 saturated carbocycles. The number of rotatable bonds is 5. The molecule has 0 radical (unpaired) electrons. The van der Waals surface area contributed by atoms with Crippen molar-refractivity contribution in [3.8, 4) is 12.1 Å². The molecule has 0 heterocycles. The molecule has 0 amide bonds. The Morgan fingerprint density at radius 3 is 2.53 bits per heavy atom. The van der Waals surface area contributed by atoms with Crippen LogP contribution in [0.1, 0.15) is 6.92 Å². The summed E-state index contributed by atoms with van der Waals surface area (Å²) >= 11 is 0. The Morgan fingerprint density at radius 2 is 1.95 bits per heavy atom. The number of benzene rings is 1. The van der Waals surface area contributed by atoms with Gasteiger partial charge in [-0.05, 0) is 12.1 Å². The molecule has 0 bridgehead atoms. The van der Waals surface area contributed by atoms with E-state index in [9.17, 15) is 8.42 Å². The highest BCUT2D eigenvalue weighted by molar-refractivity contribution is 7.89. The van der Waals surface area contributed by atoms with Gasteiger partial charge in [0.05, 0.1) is 5.69 Å². The normalized spacial score (nSPS) is 10.1. The van der Waals surface area contributed by atoms with Gasteiger partial charge in [0, 0.05) is 12.7 Å². The molecule has 1 aromatic carbocycles. The molecule has 0 aliphatic carbocycles. The summed E-state index contributed by atoms with van der Waals surface area (Å²) in [5, 5.41) is 19.9. The van der Waals surface area contributed by atoms with Gasteiger partial charge < -0.3 is 5.32 Å². The van der Waals surface area contributed by atoms with Crippen LogP contribution in [0.5, 0.6) is 0 Å². The lowest BCUT2D eigenvalue weighted by Gasteiger charge is -2.10.